The molecular formula is C22H20N4O. The Balaban J connectivity index is 1.44. The Labute approximate surface area is 157 Å². The Morgan fingerprint density at radius 3 is 2.85 bits per heavy atom. The molecule has 27 heavy (non-hydrogen) atoms. The number of para-hydroxylation sites is 1. The first-order valence-electron chi connectivity index (χ1n) is 9.19. The molecule has 134 valence electrons. The summed E-state index contributed by atoms with van der Waals surface area (Å²) in [6, 6.07) is 16.3. The van der Waals surface area contributed by atoms with Crippen molar-refractivity contribution in [3.63, 3.8) is 0 Å². The third-order valence-electron chi connectivity index (χ3n) is 5.29. The largest absolute Gasteiger partial charge is 0.360 e. The molecule has 1 amide bonds. The van der Waals surface area contributed by atoms with Gasteiger partial charge in [0.15, 0.2) is 0 Å². The van der Waals surface area contributed by atoms with Crippen LogP contribution < -0.4 is 0 Å². The van der Waals surface area contributed by atoms with Gasteiger partial charge in [0.05, 0.1) is 23.1 Å². The van der Waals surface area contributed by atoms with Crippen molar-refractivity contribution in [1.82, 2.24) is 19.7 Å². The average Bonchev–Trinajstić information content (AvgIpc) is 3.31. The number of carbonyl (C=O) groups excluding carboxylic acids is 1. The van der Waals surface area contributed by atoms with E-state index >= 15 is 0 Å². The second kappa shape index (κ2) is 6.13. The molecule has 5 rings (SSSR count). The smallest absolute Gasteiger partial charge is 0.256 e. The fraction of sp³-hybridized carbons (Fsp3) is 0.182. The van der Waals surface area contributed by atoms with Crippen LogP contribution in [-0.4, -0.2) is 32.1 Å². The quantitative estimate of drug-likeness (QED) is 0.593. The van der Waals surface area contributed by atoms with Gasteiger partial charge >= 0.3 is 0 Å². The molecule has 0 saturated carbocycles. The molecule has 2 aromatic heterocycles. The maximum atomic E-state index is 13.1. The molecule has 0 atom stereocenters. The van der Waals surface area contributed by atoms with Crippen LogP contribution in [0.15, 0.2) is 60.9 Å². The summed E-state index contributed by atoms with van der Waals surface area (Å²) in [6.45, 7) is 3.35. The fourth-order valence-electron chi connectivity index (χ4n) is 3.88. The van der Waals surface area contributed by atoms with Crippen LogP contribution in [0.5, 0.6) is 0 Å². The summed E-state index contributed by atoms with van der Waals surface area (Å²) in [7, 11) is 0. The Morgan fingerprint density at radius 2 is 2.00 bits per heavy atom. The number of hydrogen-bond acceptors (Lipinski definition) is 2. The predicted octanol–water partition coefficient (Wildman–Crippen LogP) is 3.86. The first kappa shape index (κ1) is 15.9. The van der Waals surface area contributed by atoms with E-state index in [0.29, 0.717) is 13.1 Å². The van der Waals surface area contributed by atoms with E-state index in [9.17, 15) is 4.79 Å². The van der Waals surface area contributed by atoms with E-state index in [4.69, 9.17) is 0 Å². The lowest BCUT2D eigenvalue weighted by atomic mass is 10.1. The van der Waals surface area contributed by atoms with Crippen molar-refractivity contribution in [2.45, 2.75) is 19.9 Å². The molecule has 5 heteroatoms. The molecule has 1 aliphatic rings. The highest BCUT2D eigenvalue weighted by molar-refractivity contribution is 6.06. The van der Waals surface area contributed by atoms with Gasteiger partial charge in [0, 0.05) is 42.2 Å². The number of hydrogen-bond donors (Lipinski definition) is 1. The Kier molecular flexibility index (Phi) is 3.60. The Morgan fingerprint density at radius 1 is 1.15 bits per heavy atom. The number of aromatic nitrogens is 3. The highest BCUT2D eigenvalue weighted by Gasteiger charge is 2.26. The zero-order valence-corrected chi connectivity index (χ0v) is 15.1. The molecule has 0 saturated heterocycles. The van der Waals surface area contributed by atoms with Crippen molar-refractivity contribution in [2.24, 2.45) is 0 Å². The third kappa shape index (κ3) is 2.63. The summed E-state index contributed by atoms with van der Waals surface area (Å²) in [5.41, 5.74) is 6.30. The summed E-state index contributed by atoms with van der Waals surface area (Å²) in [5.74, 6) is 0.0724. The lowest BCUT2D eigenvalue weighted by Crippen LogP contribution is -2.36. The van der Waals surface area contributed by atoms with E-state index in [2.05, 4.69) is 35.2 Å². The van der Waals surface area contributed by atoms with Gasteiger partial charge in [-0.2, -0.15) is 5.10 Å². The molecule has 0 spiro atoms. The molecule has 2 aromatic carbocycles. The van der Waals surface area contributed by atoms with Gasteiger partial charge < -0.3 is 9.88 Å². The van der Waals surface area contributed by atoms with Crippen LogP contribution in [-0.2, 0) is 13.0 Å². The molecule has 0 radical (unpaired) electrons. The van der Waals surface area contributed by atoms with E-state index < -0.39 is 0 Å². The van der Waals surface area contributed by atoms with Gasteiger partial charge in [-0.1, -0.05) is 30.3 Å². The highest BCUT2D eigenvalue weighted by Crippen LogP contribution is 2.26. The predicted molar refractivity (Wildman–Crippen MR) is 105 cm³/mol. The molecule has 3 heterocycles. The topological polar surface area (TPSA) is 53.9 Å². The van der Waals surface area contributed by atoms with Gasteiger partial charge in [0.1, 0.15) is 0 Å². The van der Waals surface area contributed by atoms with Gasteiger partial charge in [-0.25, -0.2) is 4.68 Å². The number of H-pyrrole nitrogens is 1. The summed E-state index contributed by atoms with van der Waals surface area (Å²) >= 11 is 0. The summed E-state index contributed by atoms with van der Waals surface area (Å²) < 4.78 is 1.99. The number of nitrogens with one attached hydrogen (secondary N) is 1. The first-order valence-corrected chi connectivity index (χ1v) is 9.19. The van der Waals surface area contributed by atoms with Gasteiger partial charge in [0.2, 0.25) is 0 Å². The van der Waals surface area contributed by atoms with E-state index in [1.165, 1.54) is 11.3 Å². The number of amides is 1. The second-order valence-electron chi connectivity index (χ2n) is 7.09. The lowest BCUT2D eigenvalue weighted by Gasteiger charge is -2.27. The average molecular weight is 356 g/mol. The second-order valence-corrected chi connectivity index (χ2v) is 7.09. The number of rotatable bonds is 2. The fourth-order valence-corrected chi connectivity index (χ4v) is 3.88. The molecular weight excluding hydrogens is 336 g/mol. The van der Waals surface area contributed by atoms with Crippen LogP contribution in [0.2, 0.25) is 0 Å². The SMILES string of the molecule is Cc1ccc2c(C(=O)N3CCc4c(cnn4-c4ccccc4)C3)c[nH]c2c1. The number of nitrogens with zero attached hydrogens (tertiary/aromatic N) is 3. The van der Waals surface area contributed by atoms with Crippen LogP contribution in [0, 0.1) is 6.92 Å². The number of fused-ring (bicyclic) bond motifs is 2. The van der Waals surface area contributed by atoms with Gasteiger partial charge in [-0.3, -0.25) is 4.79 Å². The molecule has 4 aromatic rings. The van der Waals surface area contributed by atoms with Gasteiger partial charge in [-0.15, -0.1) is 0 Å². The summed E-state index contributed by atoms with van der Waals surface area (Å²) in [4.78, 5) is 18.3. The van der Waals surface area contributed by atoms with Crippen molar-refractivity contribution in [1.29, 1.82) is 0 Å². The summed E-state index contributed by atoms with van der Waals surface area (Å²) in [6.07, 6.45) is 4.52. The monoisotopic (exact) mass is 356 g/mol. The van der Waals surface area contributed by atoms with Gasteiger partial charge in [-0.05, 0) is 30.7 Å². The zero-order chi connectivity index (χ0) is 18.4. The van der Waals surface area contributed by atoms with Crippen molar-refractivity contribution < 1.29 is 4.79 Å². The van der Waals surface area contributed by atoms with Crippen molar-refractivity contribution in [2.75, 3.05) is 6.54 Å². The van der Waals surface area contributed by atoms with Crippen molar-refractivity contribution >= 4 is 16.8 Å². The minimum absolute atomic E-state index is 0.0724. The third-order valence-corrected chi connectivity index (χ3v) is 5.29. The normalized spacial score (nSPS) is 13.7. The van der Waals surface area contributed by atoms with E-state index in [-0.39, 0.29) is 5.91 Å². The minimum Gasteiger partial charge on any atom is -0.360 e. The molecule has 1 aliphatic heterocycles. The summed E-state index contributed by atoms with van der Waals surface area (Å²) in [5, 5.41) is 5.54. The Bertz CT molecular complexity index is 1140. The van der Waals surface area contributed by atoms with Crippen molar-refractivity contribution in [3.05, 3.63) is 83.3 Å². The van der Waals surface area contributed by atoms with Crippen molar-refractivity contribution in [3.8, 4) is 5.69 Å². The van der Waals surface area contributed by atoms with Crippen LogP contribution in [0.25, 0.3) is 16.6 Å². The molecule has 0 fully saturated rings. The van der Waals surface area contributed by atoms with Crippen LogP contribution in [0.1, 0.15) is 27.2 Å². The standard InChI is InChI=1S/C22H20N4O/c1-15-7-8-18-19(13-23-20(18)11-15)22(27)25-10-9-21-16(14-25)12-24-26(21)17-5-3-2-4-6-17/h2-8,11-13,23H,9-10,14H2,1H3. The lowest BCUT2D eigenvalue weighted by molar-refractivity contribution is 0.0736. The van der Waals surface area contributed by atoms with Gasteiger partial charge in [0.25, 0.3) is 5.91 Å². The van der Waals surface area contributed by atoms with E-state index in [0.717, 1.165) is 34.1 Å². The first-order chi connectivity index (χ1) is 13.2. The molecule has 0 aliphatic carbocycles. The van der Waals surface area contributed by atoms with E-state index in [1.807, 2.05) is 52.3 Å². The van der Waals surface area contributed by atoms with Crippen LogP contribution in [0.3, 0.4) is 0 Å². The molecule has 0 bridgehead atoms. The maximum absolute atomic E-state index is 13.1. The Hall–Kier alpha value is -3.34. The van der Waals surface area contributed by atoms with Crippen LogP contribution >= 0.6 is 0 Å². The molecule has 0 unspecified atom stereocenters. The highest BCUT2D eigenvalue weighted by atomic mass is 16.2. The van der Waals surface area contributed by atoms with E-state index in [1.54, 1.807) is 0 Å². The number of aryl methyl sites for hydroxylation is 1. The number of benzene rings is 2. The number of aromatic amines is 1. The van der Waals surface area contributed by atoms with Crippen LogP contribution in [0.4, 0.5) is 0 Å². The zero-order valence-electron chi connectivity index (χ0n) is 15.1. The molecule has 5 nitrogen and oxygen atoms in total. The maximum Gasteiger partial charge on any atom is 0.256 e. The molecule has 1 N–H and O–H groups in total. The number of carbonyl (C=O) groups is 1. The minimum atomic E-state index is 0.0724.